The van der Waals surface area contributed by atoms with Crippen LogP contribution in [0.1, 0.15) is 0 Å². The number of benzene rings is 7. The van der Waals surface area contributed by atoms with Gasteiger partial charge in [0.25, 0.3) is 0 Å². The minimum atomic E-state index is 0.675. The predicted molar refractivity (Wildman–Crippen MR) is 209 cm³/mol. The Kier molecular flexibility index (Phi) is 6.68. The molecule has 0 aliphatic carbocycles. The lowest BCUT2D eigenvalue weighted by atomic mass is 9.92. The molecule has 0 spiro atoms. The van der Waals surface area contributed by atoms with Crippen LogP contribution >= 0.6 is 11.3 Å². The first-order valence-corrected chi connectivity index (χ1v) is 17.6. The summed E-state index contributed by atoms with van der Waals surface area (Å²) in [4.78, 5) is 10.6. The molecule has 0 aliphatic heterocycles. The van der Waals surface area contributed by atoms with E-state index < -0.39 is 0 Å². The SMILES string of the molecule is c1ccc(-c2ccc(-c3cc(-c4cccc5c4oc4ccccc45)nc(-c4ccc5sc6ccccc6c5c4)n3)c(-c3ccccc3)c2)cc1. The van der Waals surface area contributed by atoms with Crippen LogP contribution in [0, 0.1) is 0 Å². The number of fused-ring (bicyclic) bond motifs is 6. The van der Waals surface area contributed by atoms with E-state index >= 15 is 0 Å². The third-order valence-corrected chi connectivity index (χ3v) is 10.7. The Morgan fingerprint density at radius 1 is 0.380 bits per heavy atom. The molecule has 3 nitrogen and oxygen atoms in total. The lowest BCUT2D eigenvalue weighted by molar-refractivity contribution is 0.670. The third kappa shape index (κ3) is 4.80. The summed E-state index contributed by atoms with van der Waals surface area (Å²) >= 11 is 1.81. The van der Waals surface area contributed by atoms with Gasteiger partial charge in [-0.1, -0.05) is 121 Å². The Hall–Kier alpha value is -6.36. The number of thiophene rings is 1. The molecule has 0 atom stereocenters. The van der Waals surface area contributed by atoms with Gasteiger partial charge in [0.05, 0.1) is 11.4 Å². The molecule has 234 valence electrons. The third-order valence-electron chi connectivity index (χ3n) is 9.53. The second-order valence-corrected chi connectivity index (χ2v) is 13.6. The van der Waals surface area contributed by atoms with Gasteiger partial charge in [-0.05, 0) is 70.8 Å². The summed E-state index contributed by atoms with van der Waals surface area (Å²) in [6.45, 7) is 0. The van der Waals surface area contributed by atoms with Crippen LogP contribution in [0.4, 0.5) is 0 Å². The lowest BCUT2D eigenvalue weighted by Crippen LogP contribution is -1.97. The second-order valence-electron chi connectivity index (χ2n) is 12.5. The molecule has 7 aromatic carbocycles. The summed E-state index contributed by atoms with van der Waals surface area (Å²) in [7, 11) is 0. The first-order valence-electron chi connectivity index (χ1n) is 16.7. The maximum Gasteiger partial charge on any atom is 0.160 e. The average Bonchev–Trinajstić information content (AvgIpc) is 3.76. The summed E-state index contributed by atoms with van der Waals surface area (Å²) in [5, 5.41) is 4.63. The quantitative estimate of drug-likeness (QED) is 0.185. The molecule has 4 heteroatoms. The van der Waals surface area contributed by atoms with Gasteiger partial charge in [-0.3, -0.25) is 0 Å². The van der Waals surface area contributed by atoms with E-state index in [2.05, 4.69) is 158 Å². The van der Waals surface area contributed by atoms with Gasteiger partial charge in [0.15, 0.2) is 5.82 Å². The van der Waals surface area contributed by atoms with Gasteiger partial charge in [-0.25, -0.2) is 9.97 Å². The highest BCUT2D eigenvalue weighted by atomic mass is 32.1. The summed E-state index contributed by atoms with van der Waals surface area (Å²) in [6, 6.07) is 59.6. The van der Waals surface area contributed by atoms with E-state index in [0.29, 0.717) is 5.82 Å². The van der Waals surface area contributed by atoms with E-state index in [1.165, 1.54) is 25.7 Å². The van der Waals surface area contributed by atoms with Crippen LogP contribution in [0.5, 0.6) is 0 Å². The minimum Gasteiger partial charge on any atom is -0.455 e. The molecule has 0 saturated heterocycles. The monoisotopic (exact) mass is 656 g/mol. The Labute approximate surface area is 292 Å². The highest BCUT2D eigenvalue weighted by molar-refractivity contribution is 7.25. The van der Waals surface area contributed by atoms with Gasteiger partial charge in [0, 0.05) is 47.6 Å². The highest BCUT2D eigenvalue weighted by Gasteiger charge is 2.19. The van der Waals surface area contributed by atoms with Crippen molar-refractivity contribution in [3.63, 3.8) is 0 Å². The number of hydrogen-bond donors (Lipinski definition) is 0. The summed E-state index contributed by atoms with van der Waals surface area (Å²) in [5.74, 6) is 0.675. The van der Waals surface area contributed by atoms with E-state index in [1.54, 1.807) is 0 Å². The van der Waals surface area contributed by atoms with Crippen LogP contribution in [0.3, 0.4) is 0 Å². The molecule has 10 rings (SSSR count). The van der Waals surface area contributed by atoms with Crippen molar-refractivity contribution in [1.82, 2.24) is 9.97 Å². The molecule has 0 N–H and O–H groups in total. The van der Waals surface area contributed by atoms with Crippen molar-refractivity contribution in [2.75, 3.05) is 0 Å². The van der Waals surface area contributed by atoms with Crippen molar-refractivity contribution in [2.45, 2.75) is 0 Å². The van der Waals surface area contributed by atoms with Gasteiger partial charge in [-0.2, -0.15) is 0 Å². The number of rotatable bonds is 5. The largest absolute Gasteiger partial charge is 0.455 e. The first kappa shape index (κ1) is 28.6. The number of aromatic nitrogens is 2. The summed E-state index contributed by atoms with van der Waals surface area (Å²) in [5.41, 5.74) is 10.9. The van der Waals surface area contributed by atoms with Crippen LogP contribution < -0.4 is 0 Å². The number of hydrogen-bond acceptors (Lipinski definition) is 4. The molecule has 0 aliphatic rings. The fourth-order valence-corrected chi connectivity index (χ4v) is 8.19. The summed E-state index contributed by atoms with van der Waals surface area (Å²) < 4.78 is 9.05. The van der Waals surface area contributed by atoms with Crippen LogP contribution in [0.2, 0.25) is 0 Å². The van der Waals surface area contributed by atoms with E-state index in [0.717, 1.165) is 66.7 Å². The smallest absolute Gasteiger partial charge is 0.160 e. The molecule has 0 amide bonds. The van der Waals surface area contributed by atoms with E-state index in [4.69, 9.17) is 14.4 Å². The summed E-state index contributed by atoms with van der Waals surface area (Å²) in [6.07, 6.45) is 0. The molecular weight excluding hydrogens is 629 g/mol. The van der Waals surface area contributed by atoms with Gasteiger partial charge in [0.2, 0.25) is 0 Å². The van der Waals surface area contributed by atoms with Crippen molar-refractivity contribution in [1.29, 1.82) is 0 Å². The molecule has 0 unspecified atom stereocenters. The molecular formula is C46H28N2OS. The van der Waals surface area contributed by atoms with Crippen molar-refractivity contribution in [3.05, 3.63) is 170 Å². The van der Waals surface area contributed by atoms with Crippen molar-refractivity contribution in [2.24, 2.45) is 0 Å². The van der Waals surface area contributed by atoms with Crippen molar-refractivity contribution < 1.29 is 4.42 Å². The van der Waals surface area contributed by atoms with Gasteiger partial charge in [-0.15, -0.1) is 11.3 Å². The van der Waals surface area contributed by atoms with E-state index in [1.807, 2.05) is 23.5 Å². The molecule has 0 bridgehead atoms. The van der Waals surface area contributed by atoms with Crippen LogP contribution in [0.15, 0.2) is 174 Å². The second kappa shape index (κ2) is 11.7. The van der Waals surface area contributed by atoms with Gasteiger partial charge in [0.1, 0.15) is 11.2 Å². The van der Waals surface area contributed by atoms with E-state index in [-0.39, 0.29) is 0 Å². The van der Waals surface area contributed by atoms with Gasteiger partial charge >= 0.3 is 0 Å². The van der Waals surface area contributed by atoms with Crippen LogP contribution in [-0.2, 0) is 0 Å². The normalized spacial score (nSPS) is 11.6. The highest BCUT2D eigenvalue weighted by Crippen LogP contribution is 2.41. The fourth-order valence-electron chi connectivity index (χ4n) is 7.10. The molecule has 10 aromatic rings. The zero-order chi connectivity index (χ0) is 33.0. The molecule has 0 fully saturated rings. The Morgan fingerprint density at radius 3 is 1.88 bits per heavy atom. The Balaban J connectivity index is 1.24. The standard InChI is InChI=1S/C46H28N2OS/c1-3-12-29(13-4-1)31-22-24-33(38(26-31)30-14-5-2-6-15-30)40-28-41(37-19-11-18-36-34-16-7-9-20-42(34)49-45(36)37)48-46(47-40)32-23-25-44-39(27-32)35-17-8-10-21-43(35)50-44/h1-28H. The molecule has 50 heavy (non-hydrogen) atoms. The fraction of sp³-hybridized carbons (Fsp3) is 0. The number of nitrogens with zero attached hydrogens (tertiary/aromatic N) is 2. The average molecular weight is 657 g/mol. The minimum absolute atomic E-state index is 0.675. The molecule has 3 aromatic heterocycles. The maximum absolute atomic E-state index is 6.52. The van der Waals surface area contributed by atoms with Gasteiger partial charge < -0.3 is 4.42 Å². The number of furan rings is 1. The van der Waals surface area contributed by atoms with Crippen LogP contribution in [-0.4, -0.2) is 9.97 Å². The molecule has 0 radical (unpaired) electrons. The maximum atomic E-state index is 6.52. The number of para-hydroxylation sites is 2. The topological polar surface area (TPSA) is 38.9 Å². The predicted octanol–water partition coefficient (Wildman–Crippen LogP) is 13.1. The first-order chi connectivity index (χ1) is 24.8. The van der Waals surface area contributed by atoms with E-state index in [9.17, 15) is 0 Å². The van der Waals surface area contributed by atoms with Crippen molar-refractivity contribution >= 4 is 53.4 Å². The zero-order valence-corrected chi connectivity index (χ0v) is 27.7. The van der Waals surface area contributed by atoms with Crippen LogP contribution in [0.25, 0.3) is 98.3 Å². The zero-order valence-electron chi connectivity index (χ0n) is 26.9. The molecule has 0 saturated carbocycles. The lowest BCUT2D eigenvalue weighted by Gasteiger charge is -2.15. The molecule has 3 heterocycles. The Morgan fingerprint density at radius 2 is 1.04 bits per heavy atom. The Bertz CT molecular complexity index is 2870. The van der Waals surface area contributed by atoms with Crippen molar-refractivity contribution in [3.8, 4) is 56.2 Å².